The smallest absolute Gasteiger partial charge is 0.156 e. The zero-order chi connectivity index (χ0) is 14.0. The number of nitrogens with one attached hydrogen (secondary N) is 1. The van der Waals surface area contributed by atoms with Crippen molar-refractivity contribution in [3.63, 3.8) is 0 Å². The molecular formula is C14H23NO2S. The lowest BCUT2D eigenvalue weighted by molar-refractivity contribution is 0.560. The lowest BCUT2D eigenvalue weighted by Crippen LogP contribution is -2.32. The summed E-state index contributed by atoms with van der Waals surface area (Å²) in [4.78, 5) is 0. The van der Waals surface area contributed by atoms with Gasteiger partial charge in [-0.25, -0.2) is 8.42 Å². The van der Waals surface area contributed by atoms with Gasteiger partial charge in [0.15, 0.2) is 9.84 Å². The van der Waals surface area contributed by atoms with E-state index < -0.39 is 14.6 Å². The van der Waals surface area contributed by atoms with Gasteiger partial charge in [-0.1, -0.05) is 12.1 Å². The molecule has 0 heterocycles. The Balaban J connectivity index is 2.66. The molecule has 0 aromatic heterocycles. The van der Waals surface area contributed by atoms with E-state index in [-0.39, 0.29) is 5.75 Å². The van der Waals surface area contributed by atoms with E-state index in [0.717, 1.165) is 5.69 Å². The molecular weight excluding hydrogens is 246 g/mol. The first-order valence-corrected chi connectivity index (χ1v) is 7.83. The Hall–Kier alpha value is -1.03. The zero-order valence-corrected chi connectivity index (χ0v) is 12.7. The van der Waals surface area contributed by atoms with Crippen LogP contribution in [0.1, 0.15) is 31.9 Å². The number of hydrogen-bond acceptors (Lipinski definition) is 3. The summed E-state index contributed by atoms with van der Waals surface area (Å²) in [5.74, 6) is 0.157. The van der Waals surface area contributed by atoms with Crippen LogP contribution in [0, 0.1) is 13.8 Å². The quantitative estimate of drug-likeness (QED) is 0.914. The van der Waals surface area contributed by atoms with Gasteiger partial charge in [0.2, 0.25) is 0 Å². The first-order valence-electron chi connectivity index (χ1n) is 6.17. The SMILES string of the molecule is Cc1cccc(NCCS(=O)(=O)C(C)(C)C)c1C. The monoisotopic (exact) mass is 269 g/mol. The van der Waals surface area contributed by atoms with Crippen LogP contribution < -0.4 is 5.32 Å². The van der Waals surface area contributed by atoms with E-state index in [9.17, 15) is 8.42 Å². The highest BCUT2D eigenvalue weighted by molar-refractivity contribution is 7.92. The number of hydrogen-bond donors (Lipinski definition) is 1. The van der Waals surface area contributed by atoms with Crippen molar-refractivity contribution in [3.8, 4) is 0 Å². The second-order valence-corrected chi connectivity index (χ2v) is 8.47. The van der Waals surface area contributed by atoms with Crippen LogP contribution >= 0.6 is 0 Å². The minimum absolute atomic E-state index is 0.157. The van der Waals surface area contributed by atoms with E-state index in [4.69, 9.17) is 0 Å². The molecule has 1 aromatic carbocycles. The number of aryl methyl sites for hydroxylation is 1. The maximum Gasteiger partial charge on any atom is 0.156 e. The predicted octanol–water partition coefficient (Wildman–Crippen LogP) is 2.93. The lowest BCUT2D eigenvalue weighted by Gasteiger charge is -2.19. The molecule has 0 saturated carbocycles. The van der Waals surface area contributed by atoms with Crippen LogP contribution in [-0.4, -0.2) is 25.5 Å². The third-order valence-electron chi connectivity index (χ3n) is 3.22. The predicted molar refractivity (Wildman–Crippen MR) is 77.9 cm³/mol. The molecule has 0 radical (unpaired) electrons. The fourth-order valence-corrected chi connectivity index (χ4v) is 2.55. The highest BCUT2D eigenvalue weighted by Crippen LogP contribution is 2.19. The largest absolute Gasteiger partial charge is 0.384 e. The molecule has 3 nitrogen and oxygen atoms in total. The Morgan fingerprint density at radius 3 is 2.33 bits per heavy atom. The highest BCUT2D eigenvalue weighted by Gasteiger charge is 2.28. The fraction of sp³-hybridized carbons (Fsp3) is 0.571. The molecule has 1 rings (SSSR count). The van der Waals surface area contributed by atoms with Gasteiger partial charge < -0.3 is 5.32 Å². The summed E-state index contributed by atoms with van der Waals surface area (Å²) >= 11 is 0. The van der Waals surface area contributed by atoms with Crippen molar-refractivity contribution < 1.29 is 8.42 Å². The van der Waals surface area contributed by atoms with E-state index >= 15 is 0 Å². The van der Waals surface area contributed by atoms with Crippen molar-refractivity contribution in [1.82, 2.24) is 0 Å². The van der Waals surface area contributed by atoms with E-state index in [1.165, 1.54) is 11.1 Å². The Labute approximate surface area is 111 Å². The summed E-state index contributed by atoms with van der Waals surface area (Å²) in [6.45, 7) is 9.74. The zero-order valence-electron chi connectivity index (χ0n) is 11.9. The summed E-state index contributed by atoms with van der Waals surface area (Å²) in [6, 6.07) is 6.00. The summed E-state index contributed by atoms with van der Waals surface area (Å²) in [5.41, 5.74) is 3.39. The first kappa shape index (κ1) is 15.0. The van der Waals surface area contributed by atoms with Gasteiger partial charge in [0.1, 0.15) is 0 Å². The molecule has 0 saturated heterocycles. The van der Waals surface area contributed by atoms with Gasteiger partial charge in [0, 0.05) is 12.2 Å². The molecule has 0 aliphatic heterocycles. The normalized spacial score (nSPS) is 12.5. The number of anilines is 1. The van der Waals surface area contributed by atoms with E-state index in [1.54, 1.807) is 20.8 Å². The van der Waals surface area contributed by atoms with E-state index in [1.807, 2.05) is 32.0 Å². The molecule has 0 atom stereocenters. The van der Waals surface area contributed by atoms with Crippen molar-refractivity contribution in [2.75, 3.05) is 17.6 Å². The van der Waals surface area contributed by atoms with Crippen LogP contribution in [0.4, 0.5) is 5.69 Å². The van der Waals surface area contributed by atoms with Crippen molar-refractivity contribution >= 4 is 15.5 Å². The standard InChI is InChI=1S/C14H23NO2S/c1-11-7-6-8-13(12(11)2)15-9-10-18(16,17)14(3,4)5/h6-8,15H,9-10H2,1-5H3. The molecule has 102 valence electrons. The molecule has 0 amide bonds. The van der Waals surface area contributed by atoms with Crippen LogP contribution in [0.25, 0.3) is 0 Å². The lowest BCUT2D eigenvalue weighted by atomic mass is 10.1. The van der Waals surface area contributed by atoms with Crippen molar-refractivity contribution in [3.05, 3.63) is 29.3 Å². The van der Waals surface area contributed by atoms with Gasteiger partial charge in [-0.2, -0.15) is 0 Å². The average Bonchev–Trinajstić information content (AvgIpc) is 2.22. The minimum atomic E-state index is -3.05. The molecule has 0 unspecified atom stereocenters. The molecule has 18 heavy (non-hydrogen) atoms. The molecule has 4 heteroatoms. The van der Waals surface area contributed by atoms with Crippen molar-refractivity contribution in [2.24, 2.45) is 0 Å². The average molecular weight is 269 g/mol. The third kappa shape index (κ3) is 3.48. The van der Waals surface area contributed by atoms with Gasteiger partial charge in [-0.05, 0) is 51.8 Å². The summed E-state index contributed by atoms with van der Waals surface area (Å²) in [5, 5.41) is 3.20. The van der Waals surface area contributed by atoms with Crippen LogP contribution in [-0.2, 0) is 9.84 Å². The third-order valence-corrected chi connectivity index (χ3v) is 5.83. The topological polar surface area (TPSA) is 46.2 Å². The maximum atomic E-state index is 12.0. The number of rotatable bonds is 4. The molecule has 0 aliphatic carbocycles. The van der Waals surface area contributed by atoms with Crippen molar-refractivity contribution in [2.45, 2.75) is 39.4 Å². The number of sulfone groups is 1. The summed E-state index contributed by atoms with van der Waals surface area (Å²) in [6.07, 6.45) is 0. The Bertz CT molecular complexity index is 513. The summed E-state index contributed by atoms with van der Waals surface area (Å²) < 4.78 is 23.2. The van der Waals surface area contributed by atoms with Crippen LogP contribution in [0.15, 0.2) is 18.2 Å². The number of benzene rings is 1. The maximum absolute atomic E-state index is 12.0. The Morgan fingerprint density at radius 2 is 1.78 bits per heavy atom. The van der Waals surface area contributed by atoms with E-state index in [2.05, 4.69) is 5.32 Å². The molecule has 1 N–H and O–H groups in total. The molecule has 0 fully saturated rings. The fourth-order valence-electron chi connectivity index (χ4n) is 1.57. The molecule has 0 spiro atoms. The second kappa shape index (κ2) is 5.31. The first-order chi connectivity index (χ1) is 8.15. The van der Waals surface area contributed by atoms with E-state index in [0.29, 0.717) is 6.54 Å². The highest BCUT2D eigenvalue weighted by atomic mass is 32.2. The van der Waals surface area contributed by atoms with Crippen LogP contribution in [0.5, 0.6) is 0 Å². The van der Waals surface area contributed by atoms with Gasteiger partial charge in [-0.3, -0.25) is 0 Å². The van der Waals surface area contributed by atoms with Crippen LogP contribution in [0.2, 0.25) is 0 Å². The van der Waals surface area contributed by atoms with Gasteiger partial charge in [0.25, 0.3) is 0 Å². The van der Waals surface area contributed by atoms with Gasteiger partial charge in [-0.15, -0.1) is 0 Å². The second-order valence-electron chi connectivity index (χ2n) is 5.61. The Kier molecular flexibility index (Phi) is 4.43. The molecule has 0 aliphatic rings. The Morgan fingerprint density at radius 1 is 1.17 bits per heavy atom. The summed E-state index contributed by atoms with van der Waals surface area (Å²) in [7, 11) is -3.05. The van der Waals surface area contributed by atoms with Gasteiger partial charge in [0.05, 0.1) is 10.5 Å². The van der Waals surface area contributed by atoms with Crippen molar-refractivity contribution in [1.29, 1.82) is 0 Å². The van der Waals surface area contributed by atoms with Gasteiger partial charge >= 0.3 is 0 Å². The van der Waals surface area contributed by atoms with Crippen LogP contribution in [0.3, 0.4) is 0 Å². The minimum Gasteiger partial charge on any atom is -0.384 e. The molecule has 1 aromatic rings. The molecule has 0 bridgehead atoms.